The van der Waals surface area contributed by atoms with Gasteiger partial charge < -0.3 is 18.3 Å². The van der Waals surface area contributed by atoms with Crippen LogP contribution in [0.1, 0.15) is 97.5 Å². The van der Waals surface area contributed by atoms with Crippen LogP contribution >= 0.6 is 0 Å². The van der Waals surface area contributed by atoms with Gasteiger partial charge in [-0.05, 0) is 52.8 Å². The standard InChI is InChI=1S/C34H58O5Si2/c1-14-17-28-22-30(38-40(12,13)34(8,9)10)23-29(39-41(24(2)3,25(4)5)26(6)7)20-15-18-27-19-16-21-31(36-11)32(27)33(35)37-28/h14-16,19-21,24-26,28-30H,1,17-18,22-23H2,2-13H3/b20-15+/t28-,29-,30-/m0/s1. The van der Waals surface area contributed by atoms with Crippen molar-refractivity contribution in [2.24, 2.45) is 0 Å². The minimum Gasteiger partial charge on any atom is -0.496 e. The molecule has 0 spiro atoms. The van der Waals surface area contributed by atoms with E-state index < -0.39 is 16.6 Å². The Morgan fingerprint density at radius 3 is 2.15 bits per heavy atom. The van der Waals surface area contributed by atoms with Crippen molar-refractivity contribution in [1.29, 1.82) is 0 Å². The second-order valence-electron chi connectivity index (χ2n) is 14.1. The summed E-state index contributed by atoms with van der Waals surface area (Å²) >= 11 is 0. The first kappa shape index (κ1) is 35.5. The van der Waals surface area contributed by atoms with E-state index in [1.165, 1.54) is 0 Å². The number of hydrogen-bond donors (Lipinski definition) is 0. The first-order valence-corrected chi connectivity index (χ1v) is 20.5. The van der Waals surface area contributed by atoms with Gasteiger partial charge in [0.05, 0.1) is 19.3 Å². The van der Waals surface area contributed by atoms with Gasteiger partial charge in [0.15, 0.2) is 8.32 Å². The summed E-state index contributed by atoms with van der Waals surface area (Å²) in [5.41, 5.74) is 2.78. The summed E-state index contributed by atoms with van der Waals surface area (Å²) < 4.78 is 26.3. The molecule has 0 bridgehead atoms. The number of methoxy groups -OCH3 is 1. The molecule has 0 saturated heterocycles. The molecule has 1 heterocycles. The van der Waals surface area contributed by atoms with Gasteiger partial charge in [0, 0.05) is 19.3 Å². The summed E-state index contributed by atoms with van der Waals surface area (Å²) in [7, 11) is -2.72. The molecule has 2 rings (SSSR count). The van der Waals surface area contributed by atoms with Crippen molar-refractivity contribution in [1.82, 2.24) is 0 Å². The van der Waals surface area contributed by atoms with E-state index in [0.29, 0.717) is 47.2 Å². The zero-order valence-electron chi connectivity index (χ0n) is 28.0. The van der Waals surface area contributed by atoms with E-state index >= 15 is 0 Å². The van der Waals surface area contributed by atoms with Crippen LogP contribution in [0.3, 0.4) is 0 Å². The van der Waals surface area contributed by atoms with Crippen molar-refractivity contribution in [3.8, 4) is 5.75 Å². The number of allylic oxidation sites excluding steroid dienone is 1. The third-order valence-corrected chi connectivity index (χ3v) is 19.9. The maximum Gasteiger partial charge on any atom is 0.342 e. The molecule has 232 valence electrons. The van der Waals surface area contributed by atoms with Gasteiger partial charge in [-0.2, -0.15) is 0 Å². The Balaban J connectivity index is 2.69. The van der Waals surface area contributed by atoms with Crippen LogP contribution in [0.4, 0.5) is 0 Å². The maximum absolute atomic E-state index is 13.6. The summed E-state index contributed by atoms with van der Waals surface area (Å²) in [6.07, 6.45) is 8.08. The van der Waals surface area contributed by atoms with Crippen molar-refractivity contribution in [2.45, 2.75) is 141 Å². The fourth-order valence-electron chi connectivity index (χ4n) is 6.26. The normalized spacial score (nSPS) is 22.1. The molecule has 0 radical (unpaired) electrons. The molecule has 7 heteroatoms. The van der Waals surface area contributed by atoms with Crippen LogP contribution in [0.15, 0.2) is 43.0 Å². The van der Waals surface area contributed by atoms with E-state index in [2.05, 4.69) is 94.1 Å². The molecule has 0 N–H and O–H groups in total. The van der Waals surface area contributed by atoms with Crippen LogP contribution in [-0.4, -0.2) is 48.0 Å². The summed E-state index contributed by atoms with van der Waals surface area (Å²) in [6, 6.07) is 5.73. The zero-order valence-corrected chi connectivity index (χ0v) is 30.0. The monoisotopic (exact) mass is 602 g/mol. The second kappa shape index (κ2) is 14.7. The Bertz CT molecular complexity index is 1020. The number of benzene rings is 1. The van der Waals surface area contributed by atoms with E-state index in [0.717, 1.165) is 12.0 Å². The third kappa shape index (κ3) is 8.68. The lowest BCUT2D eigenvalue weighted by atomic mass is 9.99. The number of hydrogen-bond acceptors (Lipinski definition) is 5. The fourth-order valence-corrected chi connectivity index (χ4v) is 13.2. The van der Waals surface area contributed by atoms with E-state index in [9.17, 15) is 4.79 Å². The van der Waals surface area contributed by atoms with E-state index in [-0.39, 0.29) is 29.3 Å². The summed E-state index contributed by atoms with van der Waals surface area (Å²) in [4.78, 5) is 13.6. The lowest BCUT2D eigenvalue weighted by Crippen LogP contribution is -2.51. The lowest BCUT2D eigenvalue weighted by Gasteiger charge is -2.45. The van der Waals surface area contributed by atoms with Crippen LogP contribution in [0.5, 0.6) is 5.75 Å². The third-order valence-electron chi connectivity index (χ3n) is 9.28. The average Bonchev–Trinajstić information content (AvgIpc) is 2.84. The molecule has 1 aromatic carbocycles. The van der Waals surface area contributed by atoms with E-state index in [4.69, 9.17) is 18.3 Å². The Kier molecular flexibility index (Phi) is 12.7. The van der Waals surface area contributed by atoms with Crippen LogP contribution < -0.4 is 4.74 Å². The Hall–Kier alpha value is -1.68. The number of ether oxygens (including phenoxy) is 2. The van der Waals surface area contributed by atoms with Gasteiger partial charge in [-0.25, -0.2) is 4.79 Å². The molecule has 0 fully saturated rings. The first-order valence-electron chi connectivity index (χ1n) is 15.5. The van der Waals surface area contributed by atoms with E-state index in [1.54, 1.807) is 7.11 Å². The molecule has 0 aliphatic carbocycles. The molecule has 0 saturated carbocycles. The predicted octanol–water partition coefficient (Wildman–Crippen LogP) is 9.64. The topological polar surface area (TPSA) is 54.0 Å². The van der Waals surface area contributed by atoms with Crippen LogP contribution in [0, 0.1) is 0 Å². The number of carbonyl (C=O) groups is 1. The van der Waals surface area contributed by atoms with Crippen LogP contribution in [0.2, 0.25) is 34.8 Å². The van der Waals surface area contributed by atoms with Gasteiger partial charge in [-0.1, -0.05) is 92.7 Å². The highest BCUT2D eigenvalue weighted by molar-refractivity contribution is 6.77. The SMILES string of the molecule is C=CC[C@H]1C[C@H](O[Si](C)(C)C(C)(C)C)C[C@@H](O[Si](C(C)C)(C(C)C)C(C)C)/C=C/Cc2cccc(OC)c2C(=O)O1. The van der Waals surface area contributed by atoms with Gasteiger partial charge in [0.2, 0.25) is 8.32 Å². The first-order chi connectivity index (χ1) is 19.0. The Labute approximate surface area is 253 Å². The zero-order chi connectivity index (χ0) is 31.2. The fraction of sp³-hybridized carbons (Fsp3) is 0.676. The minimum atomic E-state index is -2.18. The van der Waals surface area contributed by atoms with Gasteiger partial charge in [0.25, 0.3) is 0 Å². The number of carbonyl (C=O) groups excluding carboxylic acids is 1. The molecule has 0 aromatic heterocycles. The highest BCUT2D eigenvalue weighted by Gasteiger charge is 2.47. The largest absolute Gasteiger partial charge is 0.496 e. The highest BCUT2D eigenvalue weighted by atomic mass is 28.4. The molecule has 1 aliphatic rings. The van der Waals surface area contributed by atoms with Gasteiger partial charge in [-0.15, -0.1) is 6.58 Å². The summed E-state index contributed by atoms with van der Waals surface area (Å²) in [6.45, 7) is 29.3. The van der Waals surface area contributed by atoms with Gasteiger partial charge >= 0.3 is 5.97 Å². The van der Waals surface area contributed by atoms with E-state index in [1.807, 2.05) is 24.3 Å². The summed E-state index contributed by atoms with van der Waals surface area (Å²) in [5.74, 6) is 0.172. The van der Waals surface area contributed by atoms with Crippen molar-refractivity contribution in [3.63, 3.8) is 0 Å². The molecule has 0 amide bonds. The molecule has 5 nitrogen and oxygen atoms in total. The smallest absolute Gasteiger partial charge is 0.342 e. The molecule has 1 aromatic rings. The molecule has 3 atom stereocenters. The molecule has 1 aliphatic heterocycles. The molecular weight excluding hydrogens is 545 g/mol. The van der Waals surface area contributed by atoms with Crippen molar-refractivity contribution < 1.29 is 23.1 Å². The number of fused-ring (bicyclic) bond motifs is 1. The van der Waals surface area contributed by atoms with Crippen molar-refractivity contribution in [2.75, 3.05) is 7.11 Å². The number of rotatable bonds is 10. The van der Waals surface area contributed by atoms with Crippen LogP contribution in [-0.2, 0) is 20.0 Å². The van der Waals surface area contributed by atoms with Crippen molar-refractivity contribution >= 4 is 22.6 Å². The minimum absolute atomic E-state index is 0.0477. The summed E-state index contributed by atoms with van der Waals surface area (Å²) in [5, 5.41) is 0.0477. The molecule has 41 heavy (non-hydrogen) atoms. The van der Waals surface area contributed by atoms with Crippen molar-refractivity contribution in [3.05, 3.63) is 54.1 Å². The predicted molar refractivity (Wildman–Crippen MR) is 177 cm³/mol. The Morgan fingerprint density at radius 1 is 1.02 bits per heavy atom. The molecular formula is C34H58O5Si2. The van der Waals surface area contributed by atoms with Crippen LogP contribution in [0.25, 0.3) is 0 Å². The maximum atomic E-state index is 13.6. The number of esters is 1. The quantitative estimate of drug-likeness (QED) is 0.152. The average molecular weight is 603 g/mol. The molecule has 0 unspecified atom stereocenters. The highest BCUT2D eigenvalue weighted by Crippen LogP contribution is 2.44. The van der Waals surface area contributed by atoms with Gasteiger partial charge in [-0.3, -0.25) is 0 Å². The van der Waals surface area contributed by atoms with Gasteiger partial charge in [0.1, 0.15) is 17.4 Å². The Morgan fingerprint density at radius 2 is 1.63 bits per heavy atom. The second-order valence-corrected chi connectivity index (χ2v) is 24.3. The lowest BCUT2D eigenvalue weighted by molar-refractivity contribution is 0.0117. The number of cyclic esters (lactones) is 1.